The molecule has 2 amide bonds. The van der Waals surface area contributed by atoms with Crippen molar-refractivity contribution in [3.8, 4) is 0 Å². The Morgan fingerprint density at radius 2 is 1.83 bits per heavy atom. The third-order valence-corrected chi connectivity index (χ3v) is 4.22. The molecule has 1 atom stereocenters. The van der Waals surface area contributed by atoms with E-state index in [2.05, 4.69) is 5.32 Å². The van der Waals surface area contributed by atoms with Crippen molar-refractivity contribution in [2.45, 2.75) is 12.8 Å². The number of para-hydroxylation sites is 1. The van der Waals surface area contributed by atoms with E-state index in [9.17, 15) is 14.0 Å². The van der Waals surface area contributed by atoms with Gasteiger partial charge in [-0.1, -0.05) is 30.3 Å². The lowest BCUT2D eigenvalue weighted by Crippen LogP contribution is -2.37. The van der Waals surface area contributed by atoms with E-state index in [1.165, 1.54) is 12.1 Å². The molecule has 0 radical (unpaired) electrons. The second-order valence-corrected chi connectivity index (χ2v) is 5.83. The molecule has 1 aliphatic heterocycles. The summed E-state index contributed by atoms with van der Waals surface area (Å²) in [4.78, 5) is 26.4. The summed E-state index contributed by atoms with van der Waals surface area (Å²) in [6, 6.07) is 15.6. The lowest BCUT2D eigenvalue weighted by atomic mass is 10.1. The highest BCUT2D eigenvalue weighted by molar-refractivity contribution is 6.09. The molecule has 0 saturated carbocycles. The molecular formula is C19H19FN2O2. The molecule has 4 nitrogen and oxygen atoms in total. The van der Waals surface area contributed by atoms with Gasteiger partial charge in [0, 0.05) is 18.8 Å². The third kappa shape index (κ3) is 3.62. The summed E-state index contributed by atoms with van der Waals surface area (Å²) in [7, 11) is 0. The van der Waals surface area contributed by atoms with Crippen LogP contribution in [0.3, 0.4) is 0 Å². The third-order valence-electron chi connectivity index (χ3n) is 4.22. The van der Waals surface area contributed by atoms with E-state index in [0.717, 1.165) is 11.3 Å². The van der Waals surface area contributed by atoms with Gasteiger partial charge in [-0.2, -0.15) is 0 Å². The van der Waals surface area contributed by atoms with Crippen LogP contribution in [0.4, 0.5) is 10.1 Å². The molecule has 2 aromatic rings. The van der Waals surface area contributed by atoms with E-state index in [1.54, 1.807) is 17.0 Å². The minimum atomic E-state index is -0.626. The van der Waals surface area contributed by atoms with E-state index in [4.69, 9.17) is 0 Å². The van der Waals surface area contributed by atoms with Crippen molar-refractivity contribution in [3.63, 3.8) is 0 Å². The monoisotopic (exact) mass is 326 g/mol. The predicted octanol–water partition coefficient (Wildman–Crippen LogP) is 2.54. The van der Waals surface area contributed by atoms with E-state index in [1.807, 2.05) is 30.3 Å². The molecule has 1 aliphatic rings. The van der Waals surface area contributed by atoms with Gasteiger partial charge in [-0.25, -0.2) is 4.39 Å². The molecule has 1 heterocycles. The Balaban J connectivity index is 1.52. The number of amides is 2. The lowest BCUT2D eigenvalue weighted by molar-refractivity contribution is -0.132. The Morgan fingerprint density at radius 3 is 2.54 bits per heavy atom. The van der Waals surface area contributed by atoms with Crippen molar-refractivity contribution in [1.82, 2.24) is 5.32 Å². The number of carbonyl (C=O) groups excluding carboxylic acids is 2. The van der Waals surface area contributed by atoms with Gasteiger partial charge in [-0.15, -0.1) is 0 Å². The van der Waals surface area contributed by atoms with Gasteiger partial charge in [0.1, 0.15) is 11.7 Å². The minimum Gasteiger partial charge on any atom is -0.355 e. The number of benzene rings is 2. The van der Waals surface area contributed by atoms with E-state index < -0.39 is 5.92 Å². The van der Waals surface area contributed by atoms with Crippen molar-refractivity contribution in [2.24, 2.45) is 5.92 Å². The summed E-state index contributed by atoms with van der Waals surface area (Å²) in [5, 5.41) is 2.81. The van der Waals surface area contributed by atoms with Crippen LogP contribution in [0.15, 0.2) is 54.6 Å². The fourth-order valence-electron chi connectivity index (χ4n) is 2.89. The quantitative estimate of drug-likeness (QED) is 0.859. The Bertz CT molecular complexity index is 716. The maximum Gasteiger partial charge on any atom is 0.239 e. The van der Waals surface area contributed by atoms with Crippen LogP contribution in [0.5, 0.6) is 0 Å². The number of rotatable bonds is 5. The fraction of sp³-hybridized carbons (Fsp3) is 0.263. The van der Waals surface area contributed by atoms with Crippen LogP contribution in [0.2, 0.25) is 0 Å². The maximum absolute atomic E-state index is 12.8. The second kappa shape index (κ2) is 7.25. The zero-order chi connectivity index (χ0) is 16.9. The number of anilines is 1. The maximum atomic E-state index is 12.8. The van der Waals surface area contributed by atoms with Gasteiger partial charge < -0.3 is 10.2 Å². The minimum absolute atomic E-state index is 0.152. The molecule has 0 spiro atoms. The zero-order valence-corrected chi connectivity index (χ0v) is 13.2. The first kappa shape index (κ1) is 16.2. The van der Waals surface area contributed by atoms with E-state index in [0.29, 0.717) is 25.9 Å². The van der Waals surface area contributed by atoms with Crippen LogP contribution >= 0.6 is 0 Å². The van der Waals surface area contributed by atoms with Gasteiger partial charge in [-0.3, -0.25) is 9.59 Å². The molecular weight excluding hydrogens is 307 g/mol. The molecule has 24 heavy (non-hydrogen) atoms. The molecule has 0 bridgehead atoms. The molecule has 124 valence electrons. The molecule has 1 N–H and O–H groups in total. The molecule has 3 rings (SSSR count). The summed E-state index contributed by atoms with van der Waals surface area (Å²) in [5.41, 5.74) is 1.77. The highest BCUT2D eigenvalue weighted by Gasteiger charge is 2.37. The molecule has 0 aromatic heterocycles. The van der Waals surface area contributed by atoms with Gasteiger partial charge in [0.05, 0.1) is 0 Å². The molecule has 1 unspecified atom stereocenters. The Morgan fingerprint density at radius 1 is 1.12 bits per heavy atom. The van der Waals surface area contributed by atoms with Crippen molar-refractivity contribution in [3.05, 3.63) is 66.0 Å². The zero-order valence-electron chi connectivity index (χ0n) is 13.2. The fourth-order valence-corrected chi connectivity index (χ4v) is 2.89. The van der Waals surface area contributed by atoms with Crippen LogP contribution in [0, 0.1) is 11.7 Å². The number of hydrogen-bond donors (Lipinski definition) is 1. The standard InChI is InChI=1S/C19H19FN2O2/c20-15-8-6-14(7-9-15)10-12-21-18(23)17-11-13-22(19(17)24)16-4-2-1-3-5-16/h1-9,17H,10-13H2,(H,21,23). The van der Waals surface area contributed by atoms with Crippen LogP contribution in [0.25, 0.3) is 0 Å². The Hall–Kier alpha value is -2.69. The Labute approximate surface area is 140 Å². The number of carbonyl (C=O) groups is 2. The Kier molecular flexibility index (Phi) is 4.89. The number of hydrogen-bond acceptors (Lipinski definition) is 2. The van der Waals surface area contributed by atoms with E-state index in [-0.39, 0.29) is 17.6 Å². The summed E-state index contributed by atoms with van der Waals surface area (Å²) in [5.74, 6) is -1.29. The van der Waals surface area contributed by atoms with Gasteiger partial charge >= 0.3 is 0 Å². The molecule has 0 aliphatic carbocycles. The first-order valence-electron chi connectivity index (χ1n) is 8.04. The van der Waals surface area contributed by atoms with Crippen molar-refractivity contribution in [2.75, 3.05) is 18.0 Å². The molecule has 1 fully saturated rings. The summed E-state index contributed by atoms with van der Waals surface area (Å²) < 4.78 is 12.8. The second-order valence-electron chi connectivity index (χ2n) is 5.83. The largest absolute Gasteiger partial charge is 0.355 e. The summed E-state index contributed by atoms with van der Waals surface area (Å²) in [6.45, 7) is 0.985. The van der Waals surface area contributed by atoms with Crippen LogP contribution in [-0.4, -0.2) is 24.9 Å². The van der Waals surface area contributed by atoms with Gasteiger partial charge in [0.2, 0.25) is 11.8 Å². The average Bonchev–Trinajstić information content (AvgIpc) is 2.99. The van der Waals surface area contributed by atoms with Gasteiger partial charge in [0.25, 0.3) is 0 Å². The predicted molar refractivity (Wildman–Crippen MR) is 90.0 cm³/mol. The summed E-state index contributed by atoms with van der Waals surface area (Å²) in [6.07, 6.45) is 1.13. The molecule has 2 aromatic carbocycles. The first-order chi connectivity index (χ1) is 11.6. The number of nitrogens with zero attached hydrogens (tertiary/aromatic N) is 1. The highest BCUT2D eigenvalue weighted by atomic mass is 19.1. The van der Waals surface area contributed by atoms with Gasteiger partial charge in [0.15, 0.2) is 0 Å². The average molecular weight is 326 g/mol. The first-order valence-corrected chi connectivity index (χ1v) is 8.04. The van der Waals surface area contributed by atoms with Crippen molar-refractivity contribution >= 4 is 17.5 Å². The van der Waals surface area contributed by atoms with E-state index >= 15 is 0 Å². The van der Waals surface area contributed by atoms with Crippen molar-refractivity contribution in [1.29, 1.82) is 0 Å². The number of nitrogens with one attached hydrogen (secondary N) is 1. The van der Waals surface area contributed by atoms with Crippen LogP contribution in [-0.2, 0) is 16.0 Å². The van der Waals surface area contributed by atoms with Gasteiger partial charge in [-0.05, 0) is 42.7 Å². The normalized spacial score (nSPS) is 17.1. The molecule has 5 heteroatoms. The lowest BCUT2D eigenvalue weighted by Gasteiger charge is -2.16. The smallest absolute Gasteiger partial charge is 0.239 e. The van der Waals surface area contributed by atoms with Crippen LogP contribution in [0.1, 0.15) is 12.0 Å². The SMILES string of the molecule is O=C(NCCc1ccc(F)cc1)C1CCN(c2ccccc2)C1=O. The molecule has 1 saturated heterocycles. The number of halogens is 1. The van der Waals surface area contributed by atoms with Crippen LogP contribution < -0.4 is 10.2 Å². The topological polar surface area (TPSA) is 49.4 Å². The van der Waals surface area contributed by atoms with Crippen molar-refractivity contribution < 1.29 is 14.0 Å². The highest BCUT2D eigenvalue weighted by Crippen LogP contribution is 2.25. The summed E-state index contributed by atoms with van der Waals surface area (Å²) >= 11 is 0.